The number of nitrogens with zero attached hydrogens (tertiary/aromatic N) is 2. The van der Waals surface area contributed by atoms with Crippen molar-refractivity contribution in [3.05, 3.63) is 45.2 Å². The lowest BCUT2D eigenvalue weighted by Crippen LogP contribution is -2.30. The number of benzene rings is 1. The van der Waals surface area contributed by atoms with Gasteiger partial charge in [-0.2, -0.15) is 5.10 Å². The van der Waals surface area contributed by atoms with Crippen LogP contribution in [-0.4, -0.2) is 27.8 Å². The van der Waals surface area contributed by atoms with E-state index in [2.05, 4.69) is 17.3 Å². The summed E-state index contributed by atoms with van der Waals surface area (Å²) in [7, 11) is 0. The van der Waals surface area contributed by atoms with E-state index in [9.17, 15) is 9.59 Å². The second-order valence-electron chi connectivity index (χ2n) is 6.28. The van der Waals surface area contributed by atoms with E-state index in [1.165, 1.54) is 6.92 Å². The Bertz CT molecular complexity index is 849. The Morgan fingerprint density at radius 3 is 2.67 bits per heavy atom. The minimum Gasteiger partial charge on any atom is -0.449 e. The van der Waals surface area contributed by atoms with Crippen molar-refractivity contribution in [2.45, 2.75) is 53.2 Å². The molecule has 0 spiro atoms. The lowest BCUT2D eigenvalue weighted by Gasteiger charge is -2.15. The van der Waals surface area contributed by atoms with Gasteiger partial charge in [0.15, 0.2) is 6.10 Å². The molecule has 1 atom stereocenters. The average molecular weight is 412 g/mol. The molecule has 2 aromatic rings. The van der Waals surface area contributed by atoms with Crippen LogP contribution < -0.4 is 5.32 Å². The number of aromatic nitrogens is 2. The Labute approximate surface area is 168 Å². The third-order valence-electron chi connectivity index (χ3n) is 4.17. The fraction of sp³-hybridized carbons (Fsp3) is 0.421. The van der Waals surface area contributed by atoms with Crippen molar-refractivity contribution in [2.75, 3.05) is 5.32 Å². The first-order valence-electron chi connectivity index (χ1n) is 8.76. The molecule has 0 aliphatic rings. The van der Waals surface area contributed by atoms with Gasteiger partial charge in [-0.25, -0.2) is 4.79 Å². The number of aryl methyl sites for hydroxylation is 2. The van der Waals surface area contributed by atoms with Gasteiger partial charge in [0.05, 0.1) is 5.69 Å². The molecular formula is C19H23Cl2N3O3. The number of halogens is 2. The summed E-state index contributed by atoms with van der Waals surface area (Å²) in [5.41, 5.74) is 1.96. The predicted octanol–water partition coefficient (Wildman–Crippen LogP) is 4.79. The van der Waals surface area contributed by atoms with Crippen molar-refractivity contribution in [2.24, 2.45) is 0 Å². The van der Waals surface area contributed by atoms with Crippen LogP contribution >= 0.6 is 23.2 Å². The first kappa shape index (κ1) is 21.3. The number of carbonyl (C=O) groups is 2. The molecule has 1 aromatic carbocycles. The molecule has 0 aliphatic carbocycles. The quantitative estimate of drug-likeness (QED) is 0.664. The molecule has 1 heterocycles. The molecule has 1 aromatic heterocycles. The molecule has 0 saturated carbocycles. The molecule has 146 valence electrons. The highest BCUT2D eigenvalue weighted by molar-refractivity contribution is 6.33. The number of amides is 1. The van der Waals surface area contributed by atoms with E-state index in [-0.39, 0.29) is 10.7 Å². The Hall–Kier alpha value is -2.05. The Kier molecular flexibility index (Phi) is 7.27. The molecule has 0 fully saturated rings. The van der Waals surface area contributed by atoms with E-state index in [1.54, 1.807) is 36.7 Å². The number of ether oxygens (including phenoxy) is 1. The second kappa shape index (κ2) is 9.24. The lowest BCUT2D eigenvalue weighted by atomic mass is 10.2. The highest BCUT2D eigenvalue weighted by Crippen LogP contribution is 2.24. The average Bonchev–Trinajstić information content (AvgIpc) is 2.90. The van der Waals surface area contributed by atoms with E-state index in [4.69, 9.17) is 27.9 Å². The van der Waals surface area contributed by atoms with Crippen LogP contribution in [0.5, 0.6) is 0 Å². The van der Waals surface area contributed by atoms with Crippen LogP contribution in [-0.2, 0) is 16.1 Å². The van der Waals surface area contributed by atoms with Crippen LogP contribution in [0, 0.1) is 13.8 Å². The van der Waals surface area contributed by atoms with Gasteiger partial charge in [-0.1, -0.05) is 42.6 Å². The van der Waals surface area contributed by atoms with Crippen molar-refractivity contribution >= 4 is 40.8 Å². The summed E-state index contributed by atoms with van der Waals surface area (Å²) < 4.78 is 6.88. The molecule has 0 radical (unpaired) electrons. The first-order valence-corrected chi connectivity index (χ1v) is 9.51. The van der Waals surface area contributed by atoms with Crippen LogP contribution in [0.25, 0.3) is 0 Å². The summed E-state index contributed by atoms with van der Waals surface area (Å²) in [5, 5.41) is 7.76. The van der Waals surface area contributed by atoms with Crippen LogP contribution in [0.1, 0.15) is 48.3 Å². The van der Waals surface area contributed by atoms with Crippen molar-refractivity contribution in [1.29, 1.82) is 0 Å². The van der Waals surface area contributed by atoms with Gasteiger partial charge in [-0.3, -0.25) is 9.48 Å². The van der Waals surface area contributed by atoms with Crippen molar-refractivity contribution < 1.29 is 14.3 Å². The summed E-state index contributed by atoms with van der Waals surface area (Å²) in [6.07, 6.45) is 0.868. The molecule has 6 nitrogen and oxygen atoms in total. The molecule has 2 rings (SSSR count). The Balaban J connectivity index is 2.08. The van der Waals surface area contributed by atoms with Gasteiger partial charge in [0.2, 0.25) is 0 Å². The van der Waals surface area contributed by atoms with E-state index < -0.39 is 18.0 Å². The van der Waals surface area contributed by atoms with Crippen LogP contribution in [0.3, 0.4) is 0 Å². The molecule has 0 bridgehead atoms. The maximum atomic E-state index is 12.5. The van der Waals surface area contributed by atoms with Gasteiger partial charge in [0.25, 0.3) is 5.91 Å². The third-order valence-corrected chi connectivity index (χ3v) is 4.97. The van der Waals surface area contributed by atoms with E-state index in [0.29, 0.717) is 22.9 Å². The topological polar surface area (TPSA) is 73.2 Å². The predicted molar refractivity (Wildman–Crippen MR) is 107 cm³/mol. The minimum atomic E-state index is -1.01. The fourth-order valence-electron chi connectivity index (χ4n) is 2.49. The molecule has 1 amide bonds. The number of nitrogens with one attached hydrogen (secondary N) is 1. The minimum absolute atomic E-state index is 0.186. The number of carbonyl (C=O) groups excluding carboxylic acids is 2. The van der Waals surface area contributed by atoms with Crippen molar-refractivity contribution in [3.8, 4) is 0 Å². The van der Waals surface area contributed by atoms with E-state index in [0.717, 1.165) is 18.4 Å². The number of rotatable bonds is 7. The zero-order valence-corrected chi connectivity index (χ0v) is 17.3. The summed E-state index contributed by atoms with van der Waals surface area (Å²) in [5.74, 6) is -1.13. The van der Waals surface area contributed by atoms with Crippen molar-refractivity contribution in [3.63, 3.8) is 0 Å². The third kappa shape index (κ3) is 5.02. The van der Waals surface area contributed by atoms with Crippen LogP contribution in [0.15, 0.2) is 18.2 Å². The molecule has 0 aliphatic heterocycles. The normalized spacial score (nSPS) is 11.9. The lowest BCUT2D eigenvalue weighted by molar-refractivity contribution is -0.123. The van der Waals surface area contributed by atoms with Gasteiger partial charge in [0.1, 0.15) is 10.7 Å². The maximum absolute atomic E-state index is 12.5. The summed E-state index contributed by atoms with van der Waals surface area (Å²) in [4.78, 5) is 24.9. The highest BCUT2D eigenvalue weighted by atomic mass is 35.5. The second-order valence-corrected chi connectivity index (χ2v) is 7.04. The molecular weight excluding hydrogens is 389 g/mol. The molecule has 0 saturated heterocycles. The van der Waals surface area contributed by atoms with Crippen molar-refractivity contribution in [1.82, 2.24) is 9.78 Å². The Morgan fingerprint density at radius 2 is 2.00 bits per heavy atom. The maximum Gasteiger partial charge on any atom is 0.343 e. The molecule has 0 unspecified atom stereocenters. The monoisotopic (exact) mass is 411 g/mol. The largest absolute Gasteiger partial charge is 0.449 e. The number of unbranched alkanes of at least 4 members (excludes halogenated alkanes) is 1. The van der Waals surface area contributed by atoms with E-state index in [1.807, 2.05) is 0 Å². The number of hydrogen-bond acceptors (Lipinski definition) is 4. The van der Waals surface area contributed by atoms with Crippen LogP contribution in [0.4, 0.5) is 5.69 Å². The summed E-state index contributed by atoms with van der Waals surface area (Å²) in [6.45, 7) is 7.65. The number of hydrogen-bond donors (Lipinski definition) is 1. The molecule has 27 heavy (non-hydrogen) atoms. The number of anilines is 1. The van der Waals surface area contributed by atoms with Gasteiger partial charge in [-0.05, 0) is 44.9 Å². The van der Waals surface area contributed by atoms with Gasteiger partial charge >= 0.3 is 5.97 Å². The molecule has 1 N–H and O–H groups in total. The fourth-order valence-corrected chi connectivity index (χ4v) is 3.00. The summed E-state index contributed by atoms with van der Waals surface area (Å²) >= 11 is 12.3. The van der Waals surface area contributed by atoms with E-state index >= 15 is 0 Å². The zero-order valence-electron chi connectivity index (χ0n) is 15.8. The van der Waals surface area contributed by atoms with Gasteiger partial charge in [-0.15, -0.1) is 0 Å². The molecule has 8 heteroatoms. The highest BCUT2D eigenvalue weighted by Gasteiger charge is 2.26. The SMILES string of the molecule is CCCCn1nc(C)c(C(=O)O[C@H](C)C(=O)Nc2cccc(Cl)c2C)c1Cl. The standard InChI is InChI=1S/C19H23Cl2N3O3/c1-5-6-10-24-17(21)16(12(3)23-24)19(26)27-13(4)18(25)22-15-9-7-8-14(20)11(15)2/h7-9,13H,5-6,10H2,1-4H3,(H,22,25)/t13-/m1/s1. The first-order chi connectivity index (χ1) is 12.8. The van der Waals surface area contributed by atoms with Gasteiger partial charge in [0, 0.05) is 17.3 Å². The van der Waals surface area contributed by atoms with Crippen LogP contribution in [0.2, 0.25) is 10.2 Å². The number of esters is 1. The smallest absolute Gasteiger partial charge is 0.343 e. The summed E-state index contributed by atoms with van der Waals surface area (Å²) in [6, 6.07) is 5.19. The zero-order chi connectivity index (χ0) is 20.1. The Morgan fingerprint density at radius 1 is 1.30 bits per heavy atom. The van der Waals surface area contributed by atoms with Gasteiger partial charge < -0.3 is 10.1 Å².